The highest BCUT2D eigenvalue weighted by molar-refractivity contribution is 5.91. The van der Waals surface area contributed by atoms with Gasteiger partial charge >= 0.3 is 0 Å². The number of halogens is 1. The highest BCUT2D eigenvalue weighted by atomic mass is 35.5. The van der Waals surface area contributed by atoms with Gasteiger partial charge in [-0.15, -0.1) is 12.4 Å². The number of fused-ring (bicyclic) bond motifs is 1. The standard InChI is InChI=1S/C16H21NO2.ClH/c1-16(2,3)15(19)14(17)12-8-9-13(18)11-7-5-4-6-10(11)12;/h4-9,14-15,18-19H,17H2,1-3H3;1H/t14-,15-;/m0./s1. The van der Waals surface area contributed by atoms with E-state index in [1.807, 2.05) is 45.0 Å². The van der Waals surface area contributed by atoms with Crippen LogP contribution in [0, 0.1) is 5.41 Å². The number of aliphatic hydroxyl groups excluding tert-OH is 1. The lowest BCUT2D eigenvalue weighted by atomic mass is 9.81. The maximum atomic E-state index is 10.3. The Kier molecular flexibility index (Phi) is 5.03. The minimum absolute atomic E-state index is 0. The molecule has 0 heterocycles. The Bertz CT molecular complexity index is 593. The fourth-order valence-corrected chi connectivity index (χ4v) is 2.31. The number of benzene rings is 2. The van der Waals surface area contributed by atoms with Gasteiger partial charge in [-0.3, -0.25) is 0 Å². The zero-order valence-electron chi connectivity index (χ0n) is 12.0. The van der Waals surface area contributed by atoms with Gasteiger partial charge in [-0.2, -0.15) is 0 Å². The SMILES string of the molecule is CC(C)(C)[C@@H](O)[C@@H](N)c1ccc(O)c2ccccc12.Cl. The van der Waals surface area contributed by atoms with E-state index in [0.29, 0.717) is 0 Å². The molecule has 0 aliphatic heterocycles. The number of hydrogen-bond acceptors (Lipinski definition) is 3. The van der Waals surface area contributed by atoms with Gasteiger partial charge in [0.2, 0.25) is 0 Å². The van der Waals surface area contributed by atoms with Crippen molar-refractivity contribution in [2.45, 2.75) is 32.9 Å². The van der Waals surface area contributed by atoms with E-state index in [9.17, 15) is 10.2 Å². The average molecular weight is 296 g/mol. The predicted molar refractivity (Wildman–Crippen MR) is 85.3 cm³/mol. The maximum absolute atomic E-state index is 10.3. The summed E-state index contributed by atoms with van der Waals surface area (Å²) in [6.45, 7) is 5.88. The van der Waals surface area contributed by atoms with Crippen molar-refractivity contribution in [2.24, 2.45) is 11.1 Å². The van der Waals surface area contributed by atoms with E-state index >= 15 is 0 Å². The molecule has 4 N–H and O–H groups in total. The minimum atomic E-state index is -0.652. The predicted octanol–water partition coefficient (Wildman–Crippen LogP) is 3.37. The Morgan fingerprint density at radius 2 is 1.55 bits per heavy atom. The van der Waals surface area contributed by atoms with E-state index in [4.69, 9.17) is 5.73 Å². The third kappa shape index (κ3) is 3.06. The molecule has 0 radical (unpaired) electrons. The molecule has 0 aromatic heterocycles. The summed E-state index contributed by atoms with van der Waals surface area (Å²) in [6.07, 6.45) is -0.652. The van der Waals surface area contributed by atoms with Crippen LogP contribution in [0.15, 0.2) is 36.4 Å². The van der Waals surface area contributed by atoms with Crippen LogP contribution in [0.1, 0.15) is 32.4 Å². The monoisotopic (exact) mass is 295 g/mol. The summed E-state index contributed by atoms with van der Waals surface area (Å²) in [6, 6.07) is 10.5. The van der Waals surface area contributed by atoms with Gasteiger partial charge in [-0.05, 0) is 22.4 Å². The van der Waals surface area contributed by atoms with Crippen molar-refractivity contribution in [3.63, 3.8) is 0 Å². The Balaban J connectivity index is 0.00000200. The van der Waals surface area contributed by atoms with Crippen LogP contribution < -0.4 is 5.73 Å². The summed E-state index contributed by atoms with van der Waals surface area (Å²) < 4.78 is 0. The van der Waals surface area contributed by atoms with Crippen LogP contribution in [0.4, 0.5) is 0 Å². The summed E-state index contributed by atoms with van der Waals surface area (Å²) in [5.41, 5.74) is 6.77. The zero-order chi connectivity index (χ0) is 14.2. The molecule has 4 heteroatoms. The summed E-state index contributed by atoms with van der Waals surface area (Å²) in [5, 5.41) is 21.9. The van der Waals surface area contributed by atoms with Gasteiger partial charge in [0, 0.05) is 5.39 Å². The highest BCUT2D eigenvalue weighted by Crippen LogP contribution is 2.34. The first-order valence-electron chi connectivity index (χ1n) is 6.46. The van der Waals surface area contributed by atoms with Gasteiger partial charge in [0.15, 0.2) is 0 Å². The molecule has 110 valence electrons. The van der Waals surface area contributed by atoms with Gasteiger partial charge in [-0.1, -0.05) is 51.1 Å². The van der Waals surface area contributed by atoms with Crippen molar-refractivity contribution in [3.05, 3.63) is 42.0 Å². The van der Waals surface area contributed by atoms with Gasteiger partial charge < -0.3 is 15.9 Å². The second-order valence-electron chi connectivity index (χ2n) is 6.06. The normalized spacial score (nSPS) is 14.7. The second kappa shape index (κ2) is 6.00. The molecule has 2 rings (SSSR count). The first kappa shape index (κ1) is 16.8. The van der Waals surface area contributed by atoms with Crippen molar-refractivity contribution in [2.75, 3.05) is 0 Å². The van der Waals surface area contributed by atoms with Gasteiger partial charge in [0.1, 0.15) is 5.75 Å². The lowest BCUT2D eigenvalue weighted by Gasteiger charge is -2.31. The van der Waals surface area contributed by atoms with E-state index in [2.05, 4.69) is 0 Å². The molecule has 0 aliphatic rings. The molecule has 0 saturated heterocycles. The largest absolute Gasteiger partial charge is 0.507 e. The van der Waals surface area contributed by atoms with E-state index in [1.165, 1.54) is 0 Å². The zero-order valence-corrected chi connectivity index (χ0v) is 12.8. The quantitative estimate of drug-likeness (QED) is 0.796. The number of nitrogens with two attached hydrogens (primary N) is 1. The number of phenolic OH excluding ortho intramolecular Hbond substituents is 1. The van der Waals surface area contributed by atoms with Crippen LogP contribution >= 0.6 is 12.4 Å². The number of hydrogen-bond donors (Lipinski definition) is 3. The van der Waals surface area contributed by atoms with E-state index in [1.54, 1.807) is 12.1 Å². The molecule has 0 unspecified atom stereocenters. The second-order valence-corrected chi connectivity index (χ2v) is 6.06. The van der Waals surface area contributed by atoms with Crippen molar-refractivity contribution < 1.29 is 10.2 Å². The average Bonchev–Trinajstić information content (AvgIpc) is 2.37. The van der Waals surface area contributed by atoms with E-state index in [-0.39, 0.29) is 23.6 Å². The molecule has 0 fully saturated rings. The summed E-state index contributed by atoms with van der Waals surface area (Å²) in [5.74, 6) is 0.233. The molecule has 2 atom stereocenters. The van der Waals surface area contributed by atoms with Crippen LogP contribution in [0.2, 0.25) is 0 Å². The van der Waals surface area contributed by atoms with Crippen LogP contribution in [-0.2, 0) is 0 Å². The van der Waals surface area contributed by atoms with Crippen LogP contribution in [0.25, 0.3) is 10.8 Å². The summed E-state index contributed by atoms with van der Waals surface area (Å²) >= 11 is 0. The third-order valence-corrected chi connectivity index (χ3v) is 3.52. The van der Waals surface area contributed by atoms with Crippen molar-refractivity contribution in [1.29, 1.82) is 0 Å². The number of rotatable bonds is 2. The van der Waals surface area contributed by atoms with Crippen LogP contribution in [0.3, 0.4) is 0 Å². The molecule has 0 aliphatic carbocycles. The number of aliphatic hydroxyl groups is 1. The first-order valence-corrected chi connectivity index (χ1v) is 6.46. The van der Waals surface area contributed by atoms with E-state index in [0.717, 1.165) is 16.3 Å². The van der Waals surface area contributed by atoms with Crippen LogP contribution in [0.5, 0.6) is 5.75 Å². The Morgan fingerprint density at radius 1 is 1.00 bits per heavy atom. The molecule has 0 saturated carbocycles. The topological polar surface area (TPSA) is 66.5 Å². The molecule has 0 bridgehead atoms. The van der Waals surface area contributed by atoms with Crippen molar-refractivity contribution in [3.8, 4) is 5.75 Å². The molecule has 3 nitrogen and oxygen atoms in total. The Labute approximate surface area is 125 Å². The summed E-state index contributed by atoms with van der Waals surface area (Å²) in [4.78, 5) is 0. The number of aromatic hydroxyl groups is 1. The fraction of sp³-hybridized carbons (Fsp3) is 0.375. The molecule has 0 amide bonds. The molecule has 0 spiro atoms. The van der Waals surface area contributed by atoms with E-state index < -0.39 is 12.1 Å². The van der Waals surface area contributed by atoms with Gasteiger partial charge in [0.25, 0.3) is 0 Å². The minimum Gasteiger partial charge on any atom is -0.507 e. The lowest BCUT2D eigenvalue weighted by molar-refractivity contribution is 0.0405. The van der Waals surface area contributed by atoms with Crippen LogP contribution in [-0.4, -0.2) is 16.3 Å². The maximum Gasteiger partial charge on any atom is 0.123 e. The highest BCUT2D eigenvalue weighted by Gasteiger charge is 2.30. The summed E-state index contributed by atoms with van der Waals surface area (Å²) in [7, 11) is 0. The van der Waals surface area contributed by atoms with Gasteiger partial charge in [-0.25, -0.2) is 0 Å². The first-order chi connectivity index (χ1) is 8.82. The molecule has 20 heavy (non-hydrogen) atoms. The smallest absolute Gasteiger partial charge is 0.123 e. The molecule has 2 aromatic carbocycles. The molecular formula is C16H22ClNO2. The molecule has 2 aromatic rings. The Morgan fingerprint density at radius 3 is 2.10 bits per heavy atom. The fourth-order valence-electron chi connectivity index (χ4n) is 2.31. The Hall–Kier alpha value is -1.29. The number of phenols is 1. The van der Waals surface area contributed by atoms with Crippen molar-refractivity contribution >= 4 is 23.2 Å². The molecular weight excluding hydrogens is 274 g/mol. The lowest BCUT2D eigenvalue weighted by Crippen LogP contribution is -2.37. The van der Waals surface area contributed by atoms with Gasteiger partial charge in [0.05, 0.1) is 12.1 Å². The van der Waals surface area contributed by atoms with Crippen molar-refractivity contribution in [1.82, 2.24) is 0 Å². The third-order valence-electron chi connectivity index (χ3n) is 3.52.